The van der Waals surface area contributed by atoms with Crippen LogP contribution in [0.4, 0.5) is 0 Å². The van der Waals surface area contributed by atoms with Gasteiger partial charge in [-0.1, -0.05) is 48.0 Å². The van der Waals surface area contributed by atoms with Crippen molar-refractivity contribution in [3.8, 4) is 0 Å². The molecule has 0 atom stereocenters. The fraction of sp³-hybridized carbons (Fsp3) is 0.583. The molecule has 0 aromatic heterocycles. The van der Waals surface area contributed by atoms with Crippen molar-refractivity contribution in [2.75, 3.05) is 0 Å². The Hall–Kier alpha value is 0.0983. The first-order chi connectivity index (χ1) is 5.13. The second-order valence-corrected chi connectivity index (χ2v) is 1.76. The predicted molar refractivity (Wildman–Crippen MR) is 67.7 cm³/mol. The van der Waals surface area contributed by atoms with Crippen molar-refractivity contribution in [2.45, 2.75) is 48.0 Å². The summed E-state index contributed by atoms with van der Waals surface area (Å²) in [4.78, 5) is 0. The molecular formula is C12H27NPt. The molecule has 0 aliphatic carbocycles. The van der Waals surface area contributed by atoms with Gasteiger partial charge in [0.15, 0.2) is 0 Å². The fourth-order valence-electron chi connectivity index (χ4n) is 0.404. The number of hydrogen-bond donors (Lipinski definition) is 0. The monoisotopic (exact) mass is 380 g/mol. The zero-order chi connectivity index (χ0) is 9.86. The Kier molecular flexibility index (Phi) is 100. The Labute approximate surface area is 107 Å². The summed E-state index contributed by atoms with van der Waals surface area (Å²) in [5, 5.41) is 8.54. The maximum absolute atomic E-state index is 8.54. The molecule has 1 nitrogen and oxygen atoms in total. The van der Waals surface area contributed by atoms with Crippen LogP contribution in [-0.4, -0.2) is 5.71 Å². The van der Waals surface area contributed by atoms with Gasteiger partial charge in [0.05, 0.1) is 0 Å². The second kappa shape index (κ2) is 38.1. The van der Waals surface area contributed by atoms with Crippen LogP contribution in [0.3, 0.4) is 0 Å². The smallest absolute Gasteiger partial charge is 0.811 e. The van der Waals surface area contributed by atoms with Crippen molar-refractivity contribution in [1.29, 1.82) is 0 Å². The van der Waals surface area contributed by atoms with E-state index < -0.39 is 0 Å². The normalized spacial score (nSPS) is 5.00. The van der Waals surface area contributed by atoms with Gasteiger partial charge in [-0.25, -0.2) is 5.71 Å². The van der Waals surface area contributed by atoms with Crippen molar-refractivity contribution >= 4 is 5.71 Å². The Bertz CT molecular complexity index is 86.5. The SMILES string of the molecule is CC.CC.[CH-]=C(C)CC(C)=[N-].[CH3-].[CH3-].[Pt+4]. The minimum absolute atomic E-state index is 0. The van der Waals surface area contributed by atoms with E-state index in [0.29, 0.717) is 12.1 Å². The van der Waals surface area contributed by atoms with Gasteiger partial charge >= 0.3 is 21.1 Å². The maximum atomic E-state index is 8.54. The molecule has 90 valence electrons. The minimum atomic E-state index is 0. The number of allylic oxidation sites excluding steroid dienone is 1. The standard InChI is InChI=1S/C6H9N.2C2H6.2CH3.Pt/c1-5(2)4-6(3)7;2*1-2;;;/h1H,4H2,2-3H3;2*1-2H3;2*1H3;/q-2;;;2*-1;+4. The quantitative estimate of drug-likeness (QED) is 0.488. The summed E-state index contributed by atoms with van der Waals surface area (Å²) in [7, 11) is 0. The maximum Gasteiger partial charge on any atom is 4.00 e. The van der Waals surface area contributed by atoms with Crippen molar-refractivity contribution < 1.29 is 21.1 Å². The fourth-order valence-corrected chi connectivity index (χ4v) is 0.404. The van der Waals surface area contributed by atoms with Gasteiger partial charge in [-0.3, -0.25) is 5.57 Å². The first-order valence-corrected chi connectivity index (χ1v) is 4.22. The van der Waals surface area contributed by atoms with Crippen molar-refractivity contribution in [3.05, 3.63) is 32.4 Å². The van der Waals surface area contributed by atoms with Crippen LogP contribution < -0.4 is 0 Å². The van der Waals surface area contributed by atoms with Crippen LogP contribution in [-0.2, 0) is 21.1 Å². The number of hydrogen-bond acceptors (Lipinski definition) is 0. The number of rotatable bonds is 2. The van der Waals surface area contributed by atoms with Gasteiger partial charge in [0.1, 0.15) is 0 Å². The molecule has 0 radical (unpaired) electrons. The van der Waals surface area contributed by atoms with E-state index >= 15 is 0 Å². The molecular weight excluding hydrogens is 353 g/mol. The molecule has 0 amide bonds. The van der Waals surface area contributed by atoms with Crippen LogP contribution in [0.5, 0.6) is 0 Å². The molecule has 0 saturated carbocycles. The van der Waals surface area contributed by atoms with E-state index in [1.54, 1.807) is 13.8 Å². The third kappa shape index (κ3) is 88.7. The van der Waals surface area contributed by atoms with Crippen LogP contribution in [0, 0.1) is 21.4 Å². The van der Waals surface area contributed by atoms with E-state index in [9.17, 15) is 0 Å². The molecule has 14 heavy (non-hydrogen) atoms. The molecule has 2 heteroatoms. The second-order valence-electron chi connectivity index (χ2n) is 1.76. The Balaban J connectivity index is -0.0000000205. The van der Waals surface area contributed by atoms with Gasteiger partial charge < -0.3 is 26.8 Å². The van der Waals surface area contributed by atoms with Crippen molar-refractivity contribution in [3.63, 3.8) is 0 Å². The van der Waals surface area contributed by atoms with Gasteiger partial charge in [-0.15, -0.1) is 0 Å². The zero-order valence-corrected chi connectivity index (χ0v) is 13.3. The van der Waals surface area contributed by atoms with E-state index in [2.05, 4.69) is 0 Å². The van der Waals surface area contributed by atoms with Gasteiger partial charge in [0.2, 0.25) is 0 Å². The van der Waals surface area contributed by atoms with Crippen LogP contribution >= 0.6 is 0 Å². The third-order valence-corrected chi connectivity index (χ3v) is 0.535. The van der Waals surface area contributed by atoms with E-state index in [-0.39, 0.29) is 35.9 Å². The van der Waals surface area contributed by atoms with Gasteiger partial charge in [0, 0.05) is 0 Å². The summed E-state index contributed by atoms with van der Waals surface area (Å²) >= 11 is 0. The summed E-state index contributed by atoms with van der Waals surface area (Å²) in [5.74, 6) is 0. The van der Waals surface area contributed by atoms with Crippen LogP contribution in [0.25, 0.3) is 5.41 Å². The molecule has 0 bridgehead atoms. The molecule has 0 fully saturated rings. The molecule has 0 N–H and O–H groups in total. The topological polar surface area (TPSA) is 22.3 Å². The van der Waals surface area contributed by atoms with Crippen molar-refractivity contribution in [1.82, 2.24) is 0 Å². The van der Waals surface area contributed by atoms with Gasteiger partial charge in [0.25, 0.3) is 0 Å². The molecule has 0 rings (SSSR count). The molecule has 0 saturated heterocycles. The van der Waals surface area contributed by atoms with Gasteiger partial charge in [-0.05, 0) is 0 Å². The van der Waals surface area contributed by atoms with Crippen LogP contribution in [0.15, 0.2) is 5.57 Å². The Morgan fingerprint density at radius 1 is 1.00 bits per heavy atom. The Morgan fingerprint density at radius 3 is 1.21 bits per heavy atom. The van der Waals surface area contributed by atoms with E-state index in [4.69, 9.17) is 12.0 Å². The largest absolute Gasteiger partial charge is 4.00 e. The molecule has 0 aromatic carbocycles. The molecule has 0 unspecified atom stereocenters. The molecule has 0 aliphatic heterocycles. The molecule has 0 aromatic rings. The summed E-state index contributed by atoms with van der Waals surface area (Å²) < 4.78 is 0. The third-order valence-electron chi connectivity index (χ3n) is 0.535. The van der Waals surface area contributed by atoms with Crippen molar-refractivity contribution in [2.24, 2.45) is 0 Å². The average molecular weight is 380 g/mol. The number of nitrogens with zero attached hydrogens (tertiary/aromatic N) is 1. The summed E-state index contributed by atoms with van der Waals surface area (Å²) in [6.07, 6.45) is 0.528. The molecule has 0 heterocycles. The first-order valence-electron chi connectivity index (χ1n) is 4.22. The summed E-state index contributed by atoms with van der Waals surface area (Å²) in [5.41, 5.74) is 1.13. The van der Waals surface area contributed by atoms with E-state index in [1.807, 2.05) is 27.7 Å². The zero-order valence-electron chi connectivity index (χ0n) is 11.0. The minimum Gasteiger partial charge on any atom is -0.811 e. The van der Waals surface area contributed by atoms with E-state index in [0.717, 1.165) is 5.57 Å². The molecule has 0 aliphatic rings. The van der Waals surface area contributed by atoms with E-state index in [1.165, 1.54) is 0 Å². The van der Waals surface area contributed by atoms with Crippen LogP contribution in [0.2, 0.25) is 0 Å². The summed E-state index contributed by atoms with van der Waals surface area (Å²) in [6.45, 7) is 16.6. The first kappa shape index (κ1) is 36.9. The summed E-state index contributed by atoms with van der Waals surface area (Å²) in [6, 6.07) is 0. The van der Waals surface area contributed by atoms with Crippen LogP contribution in [0.1, 0.15) is 48.0 Å². The van der Waals surface area contributed by atoms with Gasteiger partial charge in [-0.2, -0.15) is 0 Å². The molecule has 0 spiro atoms. The average Bonchev–Trinajstić information content (AvgIpc) is 1.93. The predicted octanol–water partition coefficient (Wildman–Crippen LogP) is 4.74. The Morgan fingerprint density at radius 2 is 1.21 bits per heavy atom.